The molecule has 0 bridgehead atoms. The van der Waals surface area contributed by atoms with Crippen LogP contribution >= 0.6 is 0 Å². The van der Waals surface area contributed by atoms with Crippen molar-refractivity contribution in [2.45, 2.75) is 64.6 Å². The van der Waals surface area contributed by atoms with Gasteiger partial charge in [0.15, 0.2) is 0 Å². The predicted octanol–water partition coefficient (Wildman–Crippen LogP) is 4.01. The van der Waals surface area contributed by atoms with Crippen LogP contribution in [0.15, 0.2) is 54.6 Å². The molecular weight excluding hydrogens is 348 g/mol. The first-order chi connectivity index (χ1) is 13.5. The molecule has 1 fully saturated rings. The van der Waals surface area contributed by atoms with Gasteiger partial charge in [-0.25, -0.2) is 0 Å². The Labute approximate surface area is 167 Å². The van der Waals surface area contributed by atoms with Crippen LogP contribution in [-0.2, 0) is 22.6 Å². The van der Waals surface area contributed by atoms with Crippen molar-refractivity contribution in [3.05, 3.63) is 71.3 Å². The van der Waals surface area contributed by atoms with Gasteiger partial charge in [-0.2, -0.15) is 0 Å². The molecule has 2 aromatic carbocycles. The summed E-state index contributed by atoms with van der Waals surface area (Å²) in [5.74, 6) is -0.0758. The first kappa shape index (κ1) is 20.1. The van der Waals surface area contributed by atoms with Crippen molar-refractivity contribution in [1.29, 1.82) is 0 Å². The summed E-state index contributed by atoms with van der Waals surface area (Å²) >= 11 is 0. The summed E-state index contributed by atoms with van der Waals surface area (Å²) in [7, 11) is 0. The van der Waals surface area contributed by atoms with E-state index in [2.05, 4.69) is 5.32 Å². The van der Waals surface area contributed by atoms with Gasteiger partial charge in [0, 0.05) is 12.6 Å². The molecule has 1 aliphatic carbocycles. The molecule has 0 radical (unpaired) electrons. The molecule has 1 unspecified atom stereocenters. The first-order valence-corrected chi connectivity index (χ1v) is 10.2. The quantitative estimate of drug-likeness (QED) is 0.791. The van der Waals surface area contributed by atoms with Crippen LogP contribution in [0.3, 0.4) is 0 Å². The molecule has 0 saturated heterocycles. The van der Waals surface area contributed by atoms with Gasteiger partial charge in [0.1, 0.15) is 6.04 Å². The third kappa shape index (κ3) is 5.22. The Balaban J connectivity index is 1.76. The molecule has 0 aromatic heterocycles. The summed E-state index contributed by atoms with van der Waals surface area (Å²) in [6.07, 6.45) is 4.71. The van der Waals surface area contributed by atoms with E-state index in [-0.39, 0.29) is 17.9 Å². The van der Waals surface area contributed by atoms with E-state index < -0.39 is 6.04 Å². The standard InChI is InChI=1S/C24H30N2O2/c1-18-10-6-7-13-21(18)16-23(27)26(17-20-11-4-3-5-12-20)19(2)24(28)25-22-14-8-9-15-22/h3-7,10-13,19,22H,8-9,14-17H2,1-2H3,(H,25,28). The molecule has 4 heteroatoms. The minimum Gasteiger partial charge on any atom is -0.352 e. The topological polar surface area (TPSA) is 49.4 Å². The molecule has 1 N–H and O–H groups in total. The monoisotopic (exact) mass is 378 g/mol. The zero-order valence-electron chi connectivity index (χ0n) is 16.9. The van der Waals surface area contributed by atoms with Crippen LogP contribution in [0.5, 0.6) is 0 Å². The van der Waals surface area contributed by atoms with Crippen molar-refractivity contribution < 1.29 is 9.59 Å². The van der Waals surface area contributed by atoms with Crippen molar-refractivity contribution in [3.8, 4) is 0 Å². The van der Waals surface area contributed by atoms with E-state index >= 15 is 0 Å². The third-order valence-electron chi connectivity index (χ3n) is 5.67. The highest BCUT2D eigenvalue weighted by Crippen LogP contribution is 2.19. The number of carbonyl (C=O) groups excluding carboxylic acids is 2. The number of benzene rings is 2. The zero-order valence-corrected chi connectivity index (χ0v) is 16.9. The Hall–Kier alpha value is -2.62. The van der Waals surface area contributed by atoms with Crippen molar-refractivity contribution in [2.75, 3.05) is 0 Å². The van der Waals surface area contributed by atoms with Crippen LogP contribution < -0.4 is 5.32 Å². The molecule has 3 rings (SSSR count). The van der Waals surface area contributed by atoms with Gasteiger partial charge in [-0.3, -0.25) is 9.59 Å². The lowest BCUT2D eigenvalue weighted by atomic mass is 10.0. The number of nitrogens with zero attached hydrogens (tertiary/aromatic N) is 1. The Morgan fingerprint density at radius 2 is 1.68 bits per heavy atom. The second-order valence-electron chi connectivity index (χ2n) is 7.78. The fraction of sp³-hybridized carbons (Fsp3) is 0.417. The van der Waals surface area contributed by atoms with Crippen LogP contribution in [0, 0.1) is 6.92 Å². The molecule has 28 heavy (non-hydrogen) atoms. The number of hydrogen-bond acceptors (Lipinski definition) is 2. The van der Waals surface area contributed by atoms with Crippen LogP contribution in [0.2, 0.25) is 0 Å². The first-order valence-electron chi connectivity index (χ1n) is 10.2. The van der Waals surface area contributed by atoms with Gasteiger partial charge in [-0.15, -0.1) is 0 Å². The number of aryl methyl sites for hydroxylation is 1. The normalized spacial score (nSPS) is 15.2. The summed E-state index contributed by atoms with van der Waals surface area (Å²) < 4.78 is 0. The average Bonchev–Trinajstić information content (AvgIpc) is 3.21. The van der Waals surface area contributed by atoms with Gasteiger partial charge in [0.2, 0.25) is 11.8 Å². The molecule has 0 aliphatic heterocycles. The van der Waals surface area contributed by atoms with E-state index in [1.165, 1.54) is 12.8 Å². The van der Waals surface area contributed by atoms with E-state index in [0.29, 0.717) is 13.0 Å². The highest BCUT2D eigenvalue weighted by molar-refractivity contribution is 5.88. The van der Waals surface area contributed by atoms with Crippen LogP contribution in [0.25, 0.3) is 0 Å². The van der Waals surface area contributed by atoms with Crippen molar-refractivity contribution >= 4 is 11.8 Å². The number of nitrogens with one attached hydrogen (secondary N) is 1. The lowest BCUT2D eigenvalue weighted by Crippen LogP contribution is -2.50. The molecule has 1 aliphatic rings. The van der Waals surface area contributed by atoms with E-state index in [1.54, 1.807) is 4.90 Å². The molecule has 0 heterocycles. The van der Waals surface area contributed by atoms with Crippen molar-refractivity contribution in [2.24, 2.45) is 0 Å². The number of rotatable bonds is 7. The van der Waals surface area contributed by atoms with Gasteiger partial charge < -0.3 is 10.2 Å². The molecule has 1 atom stereocenters. The maximum Gasteiger partial charge on any atom is 0.242 e. The Morgan fingerprint density at radius 3 is 2.36 bits per heavy atom. The van der Waals surface area contributed by atoms with Crippen molar-refractivity contribution in [3.63, 3.8) is 0 Å². The molecule has 2 amide bonds. The molecular formula is C24H30N2O2. The summed E-state index contributed by atoms with van der Waals surface area (Å²) in [6, 6.07) is 17.5. The van der Waals surface area contributed by atoms with Gasteiger partial charge in [-0.1, -0.05) is 67.4 Å². The molecule has 0 spiro atoms. The Bertz CT molecular complexity index is 797. The predicted molar refractivity (Wildman–Crippen MR) is 112 cm³/mol. The molecule has 148 valence electrons. The van der Waals surface area contributed by atoms with Gasteiger partial charge >= 0.3 is 0 Å². The Morgan fingerprint density at radius 1 is 1.04 bits per heavy atom. The van der Waals surface area contributed by atoms with Crippen molar-refractivity contribution in [1.82, 2.24) is 10.2 Å². The minimum atomic E-state index is -0.502. The third-order valence-corrected chi connectivity index (χ3v) is 5.67. The number of hydrogen-bond donors (Lipinski definition) is 1. The number of carbonyl (C=O) groups is 2. The smallest absolute Gasteiger partial charge is 0.242 e. The van der Waals surface area contributed by atoms with Crippen LogP contribution in [0.1, 0.15) is 49.3 Å². The lowest BCUT2D eigenvalue weighted by molar-refractivity contribution is -0.140. The summed E-state index contributed by atoms with van der Waals surface area (Å²) in [6.45, 7) is 4.29. The minimum absolute atomic E-state index is 0.0211. The maximum absolute atomic E-state index is 13.2. The highest BCUT2D eigenvalue weighted by atomic mass is 16.2. The van der Waals surface area contributed by atoms with E-state index in [0.717, 1.165) is 29.5 Å². The van der Waals surface area contributed by atoms with Crippen LogP contribution in [0.4, 0.5) is 0 Å². The fourth-order valence-corrected chi connectivity index (χ4v) is 3.83. The second kappa shape index (κ2) is 9.54. The summed E-state index contributed by atoms with van der Waals surface area (Å²) in [4.78, 5) is 27.8. The largest absolute Gasteiger partial charge is 0.352 e. The fourth-order valence-electron chi connectivity index (χ4n) is 3.83. The molecule has 2 aromatic rings. The zero-order chi connectivity index (χ0) is 19.9. The SMILES string of the molecule is Cc1ccccc1CC(=O)N(Cc1ccccc1)C(C)C(=O)NC1CCCC1. The maximum atomic E-state index is 13.2. The highest BCUT2D eigenvalue weighted by Gasteiger charge is 2.28. The number of amides is 2. The van der Waals surface area contributed by atoms with Gasteiger partial charge in [0.25, 0.3) is 0 Å². The van der Waals surface area contributed by atoms with E-state index in [9.17, 15) is 9.59 Å². The van der Waals surface area contributed by atoms with Gasteiger partial charge in [0.05, 0.1) is 6.42 Å². The summed E-state index contributed by atoms with van der Waals surface area (Å²) in [5.41, 5.74) is 3.13. The van der Waals surface area contributed by atoms with Gasteiger partial charge in [-0.05, 0) is 43.4 Å². The Kier molecular flexibility index (Phi) is 6.85. The average molecular weight is 379 g/mol. The van der Waals surface area contributed by atoms with Crippen LogP contribution in [-0.4, -0.2) is 28.8 Å². The molecule has 1 saturated carbocycles. The lowest BCUT2D eigenvalue weighted by Gasteiger charge is -2.30. The van der Waals surface area contributed by atoms with E-state index in [4.69, 9.17) is 0 Å². The van der Waals surface area contributed by atoms with E-state index in [1.807, 2.05) is 68.4 Å². The molecule has 4 nitrogen and oxygen atoms in total. The second-order valence-corrected chi connectivity index (χ2v) is 7.78. The summed E-state index contributed by atoms with van der Waals surface area (Å²) in [5, 5.41) is 3.14.